The van der Waals surface area contributed by atoms with Gasteiger partial charge in [-0.05, 0) is 19.0 Å². The molecule has 1 aliphatic rings. The highest BCUT2D eigenvalue weighted by Crippen LogP contribution is 2.23. The normalized spacial score (nSPS) is 25.8. The van der Waals surface area contributed by atoms with Gasteiger partial charge in [0.15, 0.2) is 6.29 Å². The number of ether oxygens (including phenoxy) is 1. The van der Waals surface area contributed by atoms with Crippen molar-refractivity contribution < 1.29 is 9.53 Å². The van der Waals surface area contributed by atoms with Crippen molar-refractivity contribution in [2.45, 2.75) is 18.6 Å². The van der Waals surface area contributed by atoms with Gasteiger partial charge in [0.05, 0.1) is 6.61 Å². The fourth-order valence-corrected chi connectivity index (χ4v) is 2.04. The van der Waals surface area contributed by atoms with Crippen LogP contribution in [0.15, 0.2) is 30.3 Å². The van der Waals surface area contributed by atoms with E-state index in [2.05, 4.69) is 4.90 Å². The van der Waals surface area contributed by atoms with E-state index in [9.17, 15) is 4.79 Å². The number of aldehydes is 1. The van der Waals surface area contributed by atoms with Gasteiger partial charge in [-0.3, -0.25) is 0 Å². The molecule has 3 nitrogen and oxygen atoms in total. The molecular formula is C13H17NO2. The van der Waals surface area contributed by atoms with Crippen LogP contribution in [0.25, 0.3) is 0 Å². The molecule has 0 spiro atoms. The Kier molecular flexibility index (Phi) is 3.36. The first-order chi connectivity index (χ1) is 7.74. The summed E-state index contributed by atoms with van der Waals surface area (Å²) >= 11 is 0. The smallest absolute Gasteiger partial charge is 0.153 e. The SMILES string of the molecule is CN1CCC(C=O)(OCc2ccccc2)C1. The van der Waals surface area contributed by atoms with Crippen LogP contribution in [0.3, 0.4) is 0 Å². The lowest BCUT2D eigenvalue weighted by Gasteiger charge is -2.22. The fourth-order valence-electron chi connectivity index (χ4n) is 2.04. The number of benzene rings is 1. The summed E-state index contributed by atoms with van der Waals surface area (Å²) < 4.78 is 5.79. The molecule has 1 heterocycles. The van der Waals surface area contributed by atoms with Crippen LogP contribution in [0, 0.1) is 0 Å². The Labute approximate surface area is 96.0 Å². The monoisotopic (exact) mass is 219 g/mol. The second-order valence-corrected chi connectivity index (χ2v) is 4.44. The third-order valence-electron chi connectivity index (χ3n) is 3.04. The number of carbonyl (C=O) groups excluding carboxylic acids is 1. The summed E-state index contributed by atoms with van der Waals surface area (Å²) in [6.45, 7) is 2.13. The Bertz CT molecular complexity index is 352. The molecule has 0 bridgehead atoms. The van der Waals surface area contributed by atoms with E-state index >= 15 is 0 Å². The molecule has 1 fully saturated rings. The van der Waals surface area contributed by atoms with Crippen molar-refractivity contribution in [2.24, 2.45) is 0 Å². The number of carbonyl (C=O) groups is 1. The highest BCUT2D eigenvalue weighted by atomic mass is 16.5. The molecule has 1 unspecified atom stereocenters. The lowest BCUT2D eigenvalue weighted by Crippen LogP contribution is -2.37. The van der Waals surface area contributed by atoms with Crippen molar-refractivity contribution in [1.29, 1.82) is 0 Å². The van der Waals surface area contributed by atoms with E-state index in [0.29, 0.717) is 13.2 Å². The number of likely N-dealkylation sites (N-methyl/N-ethyl adjacent to an activating group) is 1. The van der Waals surface area contributed by atoms with Gasteiger partial charge in [0.2, 0.25) is 0 Å². The lowest BCUT2D eigenvalue weighted by molar-refractivity contribution is -0.131. The molecule has 0 N–H and O–H groups in total. The zero-order valence-corrected chi connectivity index (χ0v) is 9.56. The maximum Gasteiger partial charge on any atom is 0.153 e. The van der Waals surface area contributed by atoms with Crippen LogP contribution in [0.5, 0.6) is 0 Å². The van der Waals surface area contributed by atoms with E-state index in [0.717, 1.165) is 24.8 Å². The standard InChI is InChI=1S/C13H17NO2/c1-14-8-7-13(10-14,11-15)16-9-12-5-3-2-4-6-12/h2-6,11H,7-10H2,1H3. The third-order valence-corrected chi connectivity index (χ3v) is 3.04. The average Bonchev–Trinajstić information content (AvgIpc) is 2.71. The highest BCUT2D eigenvalue weighted by Gasteiger charge is 2.37. The van der Waals surface area contributed by atoms with Gasteiger partial charge in [0.1, 0.15) is 5.60 Å². The minimum atomic E-state index is -0.593. The van der Waals surface area contributed by atoms with Crippen molar-refractivity contribution in [3.8, 4) is 0 Å². The summed E-state index contributed by atoms with van der Waals surface area (Å²) in [5, 5.41) is 0. The van der Waals surface area contributed by atoms with Gasteiger partial charge >= 0.3 is 0 Å². The molecule has 1 saturated heterocycles. The Morgan fingerprint density at radius 3 is 2.75 bits per heavy atom. The van der Waals surface area contributed by atoms with E-state index in [1.165, 1.54) is 0 Å². The summed E-state index contributed by atoms with van der Waals surface area (Å²) in [6.07, 6.45) is 1.75. The minimum absolute atomic E-state index is 0.507. The molecule has 0 amide bonds. The molecule has 1 aromatic rings. The first kappa shape index (κ1) is 11.3. The Morgan fingerprint density at radius 1 is 1.44 bits per heavy atom. The van der Waals surface area contributed by atoms with Crippen LogP contribution in [-0.4, -0.2) is 36.9 Å². The van der Waals surface area contributed by atoms with Crippen LogP contribution in [0.4, 0.5) is 0 Å². The lowest BCUT2D eigenvalue weighted by atomic mass is 10.1. The molecule has 2 rings (SSSR count). The van der Waals surface area contributed by atoms with Crippen LogP contribution in [0.2, 0.25) is 0 Å². The molecule has 0 aromatic heterocycles. The molecule has 86 valence electrons. The predicted molar refractivity (Wildman–Crippen MR) is 62.1 cm³/mol. The van der Waals surface area contributed by atoms with Gasteiger partial charge in [-0.25, -0.2) is 0 Å². The largest absolute Gasteiger partial charge is 0.361 e. The van der Waals surface area contributed by atoms with Crippen molar-refractivity contribution in [1.82, 2.24) is 4.90 Å². The van der Waals surface area contributed by atoms with E-state index in [1.807, 2.05) is 37.4 Å². The number of likely N-dealkylation sites (tertiary alicyclic amines) is 1. The second kappa shape index (κ2) is 4.76. The molecule has 0 aliphatic carbocycles. The molecule has 0 radical (unpaired) electrons. The summed E-state index contributed by atoms with van der Waals surface area (Å²) in [7, 11) is 2.01. The Balaban J connectivity index is 1.96. The number of rotatable bonds is 4. The van der Waals surface area contributed by atoms with Crippen molar-refractivity contribution in [3.05, 3.63) is 35.9 Å². The molecular weight excluding hydrogens is 202 g/mol. The molecule has 1 aromatic carbocycles. The van der Waals surface area contributed by atoms with Gasteiger partial charge in [0.25, 0.3) is 0 Å². The van der Waals surface area contributed by atoms with E-state index in [-0.39, 0.29) is 0 Å². The summed E-state index contributed by atoms with van der Waals surface area (Å²) in [5.41, 5.74) is 0.517. The highest BCUT2D eigenvalue weighted by molar-refractivity contribution is 5.63. The number of hydrogen-bond acceptors (Lipinski definition) is 3. The fraction of sp³-hybridized carbons (Fsp3) is 0.462. The molecule has 0 saturated carbocycles. The van der Waals surface area contributed by atoms with Crippen LogP contribution in [-0.2, 0) is 16.1 Å². The van der Waals surface area contributed by atoms with Gasteiger partial charge in [0, 0.05) is 13.1 Å². The molecule has 3 heteroatoms. The predicted octanol–water partition coefficient (Wildman–Crippen LogP) is 1.48. The molecule has 1 atom stereocenters. The maximum atomic E-state index is 11.1. The van der Waals surface area contributed by atoms with E-state index in [1.54, 1.807) is 0 Å². The zero-order chi connectivity index (χ0) is 11.4. The summed E-state index contributed by atoms with van der Waals surface area (Å²) in [6, 6.07) is 9.96. The van der Waals surface area contributed by atoms with Crippen molar-refractivity contribution in [3.63, 3.8) is 0 Å². The van der Waals surface area contributed by atoms with Crippen LogP contribution in [0.1, 0.15) is 12.0 Å². The average molecular weight is 219 g/mol. The van der Waals surface area contributed by atoms with Crippen molar-refractivity contribution in [2.75, 3.05) is 20.1 Å². The van der Waals surface area contributed by atoms with Gasteiger partial charge in [-0.2, -0.15) is 0 Å². The Morgan fingerprint density at radius 2 is 2.19 bits per heavy atom. The second-order valence-electron chi connectivity index (χ2n) is 4.44. The summed E-state index contributed by atoms with van der Waals surface area (Å²) in [5.74, 6) is 0. The summed E-state index contributed by atoms with van der Waals surface area (Å²) in [4.78, 5) is 13.3. The van der Waals surface area contributed by atoms with Gasteiger partial charge < -0.3 is 14.4 Å². The topological polar surface area (TPSA) is 29.5 Å². The van der Waals surface area contributed by atoms with E-state index in [4.69, 9.17) is 4.74 Å². The molecule has 16 heavy (non-hydrogen) atoms. The maximum absolute atomic E-state index is 11.1. The zero-order valence-electron chi connectivity index (χ0n) is 9.56. The number of nitrogens with zero attached hydrogens (tertiary/aromatic N) is 1. The Hall–Kier alpha value is -1.19. The minimum Gasteiger partial charge on any atom is -0.361 e. The van der Waals surface area contributed by atoms with Crippen molar-refractivity contribution >= 4 is 6.29 Å². The first-order valence-electron chi connectivity index (χ1n) is 5.57. The third kappa shape index (κ3) is 2.49. The quantitative estimate of drug-likeness (QED) is 0.718. The van der Waals surface area contributed by atoms with Crippen LogP contribution >= 0.6 is 0 Å². The van der Waals surface area contributed by atoms with E-state index < -0.39 is 5.60 Å². The first-order valence-corrected chi connectivity index (χ1v) is 5.57. The van der Waals surface area contributed by atoms with Gasteiger partial charge in [-0.15, -0.1) is 0 Å². The molecule has 1 aliphatic heterocycles. The van der Waals surface area contributed by atoms with Crippen LogP contribution < -0.4 is 0 Å². The van der Waals surface area contributed by atoms with Gasteiger partial charge in [-0.1, -0.05) is 30.3 Å². The number of hydrogen-bond donors (Lipinski definition) is 0.